The summed E-state index contributed by atoms with van der Waals surface area (Å²) in [5.41, 5.74) is 2.79. The van der Waals surface area contributed by atoms with Gasteiger partial charge in [-0.15, -0.1) is 0 Å². The molecule has 0 fully saturated rings. The van der Waals surface area contributed by atoms with Gasteiger partial charge in [0.15, 0.2) is 0 Å². The van der Waals surface area contributed by atoms with E-state index in [4.69, 9.17) is 21.7 Å². The van der Waals surface area contributed by atoms with E-state index in [2.05, 4.69) is 17.2 Å². The van der Waals surface area contributed by atoms with Crippen molar-refractivity contribution in [1.29, 1.82) is 0 Å². The summed E-state index contributed by atoms with van der Waals surface area (Å²) in [5.74, 6) is 1.53. The normalized spacial score (nSPS) is 12.6. The number of methoxy groups -OCH3 is 1. The van der Waals surface area contributed by atoms with E-state index in [1.807, 2.05) is 32.9 Å². The van der Waals surface area contributed by atoms with Crippen molar-refractivity contribution in [2.75, 3.05) is 24.4 Å². The number of rotatable bonds is 4. The Bertz CT molecular complexity index is 615. The summed E-state index contributed by atoms with van der Waals surface area (Å²) in [7, 11) is 1.60. The molecule has 0 saturated heterocycles. The molecular formula is C18H26N2O3S. The van der Waals surface area contributed by atoms with Gasteiger partial charge >= 0.3 is 0 Å². The van der Waals surface area contributed by atoms with Gasteiger partial charge in [-0.2, -0.15) is 0 Å². The van der Waals surface area contributed by atoms with Crippen molar-refractivity contribution in [2.24, 2.45) is 0 Å². The number of anilines is 2. The third-order valence-corrected chi connectivity index (χ3v) is 3.35. The number of carbonyl (C=O) groups excluding carboxylic acids is 1. The van der Waals surface area contributed by atoms with Gasteiger partial charge in [-0.25, -0.2) is 0 Å². The Balaban J connectivity index is 0.000000413. The van der Waals surface area contributed by atoms with Crippen LogP contribution < -0.4 is 15.4 Å². The fourth-order valence-corrected chi connectivity index (χ4v) is 2.41. The zero-order chi connectivity index (χ0) is 18.1. The van der Waals surface area contributed by atoms with Crippen molar-refractivity contribution in [3.63, 3.8) is 0 Å². The highest BCUT2D eigenvalue weighted by atomic mass is 32.1. The van der Waals surface area contributed by atoms with Crippen LogP contribution in [0.1, 0.15) is 39.2 Å². The standard InChI is InChI=1S/C13H16N2O2S.C5H10O/c1-8(18)14-11-6-9-4-3-5-13(16)15-10(9)7-12(11)17-2;1-4-6-5(2)3/h6-7H,3-5H2,1-2H3,(H,14,18)(H,15,16);2,4H2,1,3H3. The molecule has 0 aromatic heterocycles. The number of ether oxygens (including phenoxy) is 2. The van der Waals surface area contributed by atoms with Gasteiger partial charge in [0.2, 0.25) is 5.91 Å². The lowest BCUT2D eigenvalue weighted by atomic mass is 10.1. The second kappa shape index (κ2) is 9.93. The van der Waals surface area contributed by atoms with Gasteiger partial charge in [-0.3, -0.25) is 4.79 Å². The van der Waals surface area contributed by atoms with Crippen LogP contribution in [0.2, 0.25) is 0 Å². The van der Waals surface area contributed by atoms with Gasteiger partial charge in [0.25, 0.3) is 0 Å². The number of hydrogen-bond donors (Lipinski definition) is 2. The zero-order valence-electron chi connectivity index (χ0n) is 14.8. The van der Waals surface area contributed by atoms with Crippen molar-refractivity contribution < 1.29 is 14.3 Å². The molecule has 2 N–H and O–H groups in total. The molecule has 24 heavy (non-hydrogen) atoms. The third-order valence-electron chi connectivity index (χ3n) is 3.25. The first kappa shape index (κ1) is 20.0. The number of amides is 1. The highest BCUT2D eigenvalue weighted by Gasteiger charge is 2.16. The molecule has 1 aromatic rings. The molecule has 0 radical (unpaired) electrons. The fraction of sp³-hybridized carbons (Fsp3) is 0.444. The lowest BCUT2D eigenvalue weighted by Crippen LogP contribution is -2.10. The number of nitrogens with one attached hydrogen (secondary N) is 2. The maximum Gasteiger partial charge on any atom is 0.224 e. The minimum Gasteiger partial charge on any atom is -0.499 e. The smallest absolute Gasteiger partial charge is 0.224 e. The molecular weight excluding hydrogens is 324 g/mol. The van der Waals surface area contributed by atoms with Crippen molar-refractivity contribution in [3.05, 3.63) is 30.0 Å². The number of hydrogen-bond acceptors (Lipinski definition) is 4. The van der Waals surface area contributed by atoms with E-state index >= 15 is 0 Å². The van der Waals surface area contributed by atoms with Gasteiger partial charge in [-0.1, -0.05) is 18.8 Å². The predicted octanol–water partition coefficient (Wildman–Crippen LogP) is 4.29. The molecule has 0 bridgehead atoms. The lowest BCUT2D eigenvalue weighted by molar-refractivity contribution is -0.116. The summed E-state index contributed by atoms with van der Waals surface area (Å²) in [6, 6.07) is 3.84. The first-order chi connectivity index (χ1) is 11.4. The molecule has 0 atom stereocenters. The Kier molecular flexibility index (Phi) is 8.26. The van der Waals surface area contributed by atoms with E-state index in [0.717, 1.165) is 42.1 Å². The Morgan fingerprint density at radius 2 is 2.08 bits per heavy atom. The van der Waals surface area contributed by atoms with Crippen LogP contribution in [0.15, 0.2) is 24.5 Å². The highest BCUT2D eigenvalue weighted by Crippen LogP contribution is 2.33. The van der Waals surface area contributed by atoms with E-state index in [1.54, 1.807) is 7.11 Å². The highest BCUT2D eigenvalue weighted by molar-refractivity contribution is 7.80. The fourth-order valence-electron chi connectivity index (χ4n) is 2.30. The number of carbonyl (C=O) groups is 1. The predicted molar refractivity (Wildman–Crippen MR) is 103 cm³/mol. The second-order valence-electron chi connectivity index (χ2n) is 5.43. The number of thiocarbonyl (C=S) groups is 1. The minimum atomic E-state index is 0.0579. The molecule has 0 unspecified atom stereocenters. The minimum absolute atomic E-state index is 0.0579. The van der Waals surface area contributed by atoms with Crippen LogP contribution in [-0.4, -0.2) is 24.6 Å². The van der Waals surface area contributed by atoms with Crippen LogP contribution in [0.25, 0.3) is 0 Å². The van der Waals surface area contributed by atoms with E-state index in [9.17, 15) is 4.79 Å². The monoisotopic (exact) mass is 350 g/mol. The van der Waals surface area contributed by atoms with Crippen LogP contribution >= 0.6 is 12.2 Å². The lowest BCUT2D eigenvalue weighted by Gasteiger charge is -2.15. The van der Waals surface area contributed by atoms with E-state index in [0.29, 0.717) is 17.2 Å². The van der Waals surface area contributed by atoms with Gasteiger partial charge in [0.1, 0.15) is 5.75 Å². The van der Waals surface area contributed by atoms with E-state index < -0.39 is 0 Å². The first-order valence-corrected chi connectivity index (χ1v) is 8.34. The number of allylic oxidation sites excluding steroid dienone is 1. The number of fused-ring (bicyclic) bond motifs is 1. The van der Waals surface area contributed by atoms with Crippen LogP contribution in [0.3, 0.4) is 0 Å². The number of aryl methyl sites for hydroxylation is 1. The quantitative estimate of drug-likeness (QED) is 0.627. The Hall–Kier alpha value is -2.08. The molecule has 1 aliphatic rings. The maximum atomic E-state index is 11.5. The molecule has 6 heteroatoms. The molecule has 1 amide bonds. The van der Waals surface area contributed by atoms with Crippen LogP contribution in [0.5, 0.6) is 5.75 Å². The topological polar surface area (TPSA) is 59.6 Å². The van der Waals surface area contributed by atoms with Crippen LogP contribution in [0, 0.1) is 0 Å². The van der Waals surface area contributed by atoms with Crippen LogP contribution in [0.4, 0.5) is 11.4 Å². The van der Waals surface area contributed by atoms with E-state index in [1.165, 1.54) is 0 Å². The van der Waals surface area contributed by atoms with Crippen LogP contribution in [-0.2, 0) is 16.0 Å². The number of benzene rings is 1. The largest absolute Gasteiger partial charge is 0.499 e. The molecule has 5 nitrogen and oxygen atoms in total. The molecule has 1 aliphatic heterocycles. The zero-order valence-corrected chi connectivity index (χ0v) is 15.6. The van der Waals surface area contributed by atoms with E-state index in [-0.39, 0.29) is 5.91 Å². The van der Waals surface area contributed by atoms with Gasteiger partial charge in [0, 0.05) is 18.2 Å². The average molecular weight is 350 g/mol. The van der Waals surface area contributed by atoms with Gasteiger partial charge in [-0.05, 0) is 45.2 Å². The van der Waals surface area contributed by atoms with Gasteiger partial charge in [0.05, 0.1) is 30.2 Å². The van der Waals surface area contributed by atoms with Crippen molar-refractivity contribution in [1.82, 2.24) is 0 Å². The molecule has 1 heterocycles. The SMILES string of the molecule is C=C(C)OCC.COc1cc2c(cc1NC(C)=S)CCCC(=O)N2. The van der Waals surface area contributed by atoms with Crippen molar-refractivity contribution >= 4 is 34.5 Å². The summed E-state index contributed by atoms with van der Waals surface area (Å²) < 4.78 is 10.2. The summed E-state index contributed by atoms with van der Waals surface area (Å²) in [5, 5.41) is 6.00. The summed E-state index contributed by atoms with van der Waals surface area (Å²) in [6.07, 6.45) is 2.30. The molecule has 132 valence electrons. The molecule has 0 aliphatic carbocycles. The molecule has 0 saturated carbocycles. The second-order valence-corrected chi connectivity index (χ2v) is 6.04. The molecule has 2 rings (SSSR count). The molecule has 1 aromatic carbocycles. The molecule has 0 spiro atoms. The Morgan fingerprint density at radius 1 is 1.38 bits per heavy atom. The first-order valence-electron chi connectivity index (χ1n) is 7.94. The summed E-state index contributed by atoms with van der Waals surface area (Å²) >= 11 is 5.05. The Labute approximate surface area is 149 Å². The Morgan fingerprint density at radius 3 is 2.58 bits per heavy atom. The van der Waals surface area contributed by atoms with Crippen molar-refractivity contribution in [3.8, 4) is 5.75 Å². The van der Waals surface area contributed by atoms with Gasteiger partial charge < -0.3 is 20.1 Å². The van der Waals surface area contributed by atoms with Crippen molar-refractivity contribution in [2.45, 2.75) is 40.0 Å². The third kappa shape index (κ3) is 6.58. The summed E-state index contributed by atoms with van der Waals surface area (Å²) in [4.78, 5) is 12.2. The summed E-state index contributed by atoms with van der Waals surface area (Å²) in [6.45, 7) is 9.85. The average Bonchev–Trinajstić information content (AvgIpc) is 2.66. The maximum absolute atomic E-state index is 11.5.